The van der Waals surface area contributed by atoms with Crippen molar-refractivity contribution in [2.24, 2.45) is 0 Å². The lowest BCUT2D eigenvalue weighted by Gasteiger charge is -2.14. The van der Waals surface area contributed by atoms with Gasteiger partial charge in [-0.1, -0.05) is 0 Å². The SMILES string of the molecule is COC(=O)C(C)NS(=O)(=O)c1ccc(OC)cc1OC. The van der Waals surface area contributed by atoms with Crippen LogP contribution in [0.5, 0.6) is 11.5 Å². The van der Waals surface area contributed by atoms with Gasteiger partial charge in [0.1, 0.15) is 22.4 Å². The predicted octanol–water partition coefficient (Wildman–Crippen LogP) is 0.544. The maximum Gasteiger partial charge on any atom is 0.323 e. The molecule has 0 fully saturated rings. The quantitative estimate of drug-likeness (QED) is 0.771. The van der Waals surface area contributed by atoms with Crippen molar-refractivity contribution in [3.8, 4) is 11.5 Å². The molecule has 0 heterocycles. The maximum absolute atomic E-state index is 12.2. The van der Waals surface area contributed by atoms with E-state index in [2.05, 4.69) is 9.46 Å². The Morgan fingerprint density at radius 3 is 2.35 bits per heavy atom. The lowest BCUT2D eigenvalue weighted by molar-refractivity contribution is -0.142. The molecule has 7 nitrogen and oxygen atoms in total. The molecular formula is C12H17NO6S. The fourth-order valence-corrected chi connectivity index (χ4v) is 2.86. The molecule has 1 rings (SSSR count). The largest absolute Gasteiger partial charge is 0.497 e. The molecule has 0 saturated carbocycles. The summed E-state index contributed by atoms with van der Waals surface area (Å²) in [4.78, 5) is 11.2. The van der Waals surface area contributed by atoms with Gasteiger partial charge >= 0.3 is 5.97 Å². The first-order valence-corrected chi connectivity index (χ1v) is 7.16. The van der Waals surface area contributed by atoms with Crippen LogP contribution in [-0.4, -0.2) is 41.8 Å². The van der Waals surface area contributed by atoms with Crippen molar-refractivity contribution in [3.05, 3.63) is 18.2 Å². The summed E-state index contributed by atoms with van der Waals surface area (Å²) in [7, 11) is 0.0715. The van der Waals surface area contributed by atoms with Gasteiger partial charge in [-0.15, -0.1) is 0 Å². The molecule has 1 aromatic carbocycles. The van der Waals surface area contributed by atoms with E-state index in [1.54, 1.807) is 0 Å². The van der Waals surface area contributed by atoms with Gasteiger partial charge in [-0.3, -0.25) is 4.79 Å². The van der Waals surface area contributed by atoms with Crippen molar-refractivity contribution in [1.82, 2.24) is 4.72 Å². The number of carbonyl (C=O) groups excluding carboxylic acids is 1. The van der Waals surface area contributed by atoms with Crippen molar-refractivity contribution in [3.63, 3.8) is 0 Å². The van der Waals surface area contributed by atoms with Crippen LogP contribution in [0.15, 0.2) is 23.1 Å². The number of methoxy groups -OCH3 is 3. The van der Waals surface area contributed by atoms with Crippen LogP contribution in [0, 0.1) is 0 Å². The second-order valence-corrected chi connectivity index (χ2v) is 5.57. The molecule has 1 atom stereocenters. The van der Waals surface area contributed by atoms with Crippen molar-refractivity contribution in [2.45, 2.75) is 17.9 Å². The Balaban J connectivity index is 3.12. The van der Waals surface area contributed by atoms with Crippen molar-refractivity contribution >= 4 is 16.0 Å². The van der Waals surface area contributed by atoms with E-state index in [-0.39, 0.29) is 10.6 Å². The van der Waals surface area contributed by atoms with E-state index in [1.165, 1.54) is 46.5 Å². The number of hydrogen-bond donors (Lipinski definition) is 1. The van der Waals surface area contributed by atoms with E-state index >= 15 is 0 Å². The summed E-state index contributed by atoms with van der Waals surface area (Å²) in [6.07, 6.45) is 0. The summed E-state index contributed by atoms with van der Waals surface area (Å²) in [6, 6.07) is 3.26. The average Bonchev–Trinajstić information content (AvgIpc) is 2.44. The highest BCUT2D eigenvalue weighted by Gasteiger charge is 2.25. The van der Waals surface area contributed by atoms with Gasteiger partial charge in [0.05, 0.1) is 21.3 Å². The van der Waals surface area contributed by atoms with Gasteiger partial charge in [-0.2, -0.15) is 4.72 Å². The van der Waals surface area contributed by atoms with Gasteiger partial charge in [0.25, 0.3) is 0 Å². The third-order valence-electron chi connectivity index (χ3n) is 2.55. The topological polar surface area (TPSA) is 90.9 Å². The summed E-state index contributed by atoms with van der Waals surface area (Å²) in [5, 5.41) is 0. The second-order valence-electron chi connectivity index (χ2n) is 3.88. The minimum Gasteiger partial charge on any atom is -0.497 e. The van der Waals surface area contributed by atoms with E-state index in [9.17, 15) is 13.2 Å². The highest BCUT2D eigenvalue weighted by molar-refractivity contribution is 7.89. The number of nitrogens with one attached hydrogen (secondary N) is 1. The molecule has 20 heavy (non-hydrogen) atoms. The molecule has 1 N–H and O–H groups in total. The lowest BCUT2D eigenvalue weighted by atomic mass is 10.3. The van der Waals surface area contributed by atoms with Crippen LogP contribution < -0.4 is 14.2 Å². The highest BCUT2D eigenvalue weighted by Crippen LogP contribution is 2.28. The molecule has 8 heteroatoms. The first-order valence-electron chi connectivity index (χ1n) is 5.68. The molecule has 1 aromatic rings. The molecule has 0 amide bonds. The van der Waals surface area contributed by atoms with Gasteiger partial charge < -0.3 is 14.2 Å². The zero-order valence-corrected chi connectivity index (χ0v) is 12.5. The molecule has 0 radical (unpaired) electrons. The monoisotopic (exact) mass is 303 g/mol. The highest BCUT2D eigenvalue weighted by atomic mass is 32.2. The van der Waals surface area contributed by atoms with Crippen LogP contribution in [0.25, 0.3) is 0 Å². The molecule has 0 aliphatic carbocycles. The van der Waals surface area contributed by atoms with Crippen LogP contribution in [0.3, 0.4) is 0 Å². The van der Waals surface area contributed by atoms with Crippen LogP contribution in [0.1, 0.15) is 6.92 Å². The number of ether oxygens (including phenoxy) is 3. The van der Waals surface area contributed by atoms with Crippen molar-refractivity contribution in [1.29, 1.82) is 0 Å². The predicted molar refractivity (Wildman–Crippen MR) is 71.3 cm³/mol. The summed E-state index contributed by atoms with van der Waals surface area (Å²) < 4.78 is 41.1. The smallest absolute Gasteiger partial charge is 0.323 e. The number of rotatable bonds is 6. The Labute approximate surface area is 117 Å². The minimum atomic E-state index is -3.91. The molecule has 0 aliphatic heterocycles. The molecule has 1 unspecified atom stereocenters. The van der Waals surface area contributed by atoms with Crippen LogP contribution >= 0.6 is 0 Å². The van der Waals surface area contributed by atoms with Crippen molar-refractivity contribution < 1.29 is 27.4 Å². The minimum absolute atomic E-state index is 0.0865. The third kappa shape index (κ3) is 3.61. The third-order valence-corrected chi connectivity index (χ3v) is 4.13. The lowest BCUT2D eigenvalue weighted by Crippen LogP contribution is -2.39. The van der Waals surface area contributed by atoms with Gasteiger partial charge in [0.15, 0.2) is 0 Å². The first kappa shape index (κ1) is 16.3. The number of hydrogen-bond acceptors (Lipinski definition) is 6. The Morgan fingerprint density at radius 2 is 1.85 bits per heavy atom. The summed E-state index contributed by atoms with van der Waals surface area (Å²) in [5.74, 6) is -0.100. The Kier molecular flexibility index (Phi) is 5.34. The number of carbonyl (C=O) groups is 1. The summed E-state index contributed by atoms with van der Waals surface area (Å²) >= 11 is 0. The number of benzene rings is 1. The van der Waals surface area contributed by atoms with E-state index in [1.807, 2.05) is 0 Å². The Morgan fingerprint density at radius 1 is 1.20 bits per heavy atom. The fourth-order valence-electron chi connectivity index (χ4n) is 1.52. The molecule has 112 valence electrons. The zero-order chi connectivity index (χ0) is 15.3. The molecule has 0 aromatic heterocycles. The summed E-state index contributed by atoms with van der Waals surface area (Å²) in [6.45, 7) is 1.39. The van der Waals surface area contributed by atoms with Crippen LogP contribution in [-0.2, 0) is 19.6 Å². The van der Waals surface area contributed by atoms with Gasteiger partial charge in [0.2, 0.25) is 10.0 Å². The van der Waals surface area contributed by atoms with Gasteiger partial charge in [0, 0.05) is 6.07 Å². The standard InChI is InChI=1S/C12H17NO6S/c1-8(12(14)19-4)13-20(15,16)11-6-5-9(17-2)7-10(11)18-3/h5-8,13H,1-4H3. The van der Waals surface area contributed by atoms with Gasteiger partial charge in [-0.05, 0) is 19.1 Å². The van der Waals surface area contributed by atoms with E-state index in [4.69, 9.17) is 9.47 Å². The van der Waals surface area contributed by atoms with Gasteiger partial charge in [-0.25, -0.2) is 8.42 Å². The van der Waals surface area contributed by atoms with Crippen LogP contribution in [0.4, 0.5) is 0 Å². The van der Waals surface area contributed by atoms with E-state index in [0.717, 1.165) is 0 Å². The Hall–Kier alpha value is -1.80. The fraction of sp³-hybridized carbons (Fsp3) is 0.417. The maximum atomic E-state index is 12.2. The first-order chi connectivity index (χ1) is 9.35. The second kappa shape index (κ2) is 6.58. The normalized spacial score (nSPS) is 12.6. The molecule has 0 bridgehead atoms. The average molecular weight is 303 g/mol. The number of sulfonamides is 1. The molecule has 0 saturated heterocycles. The van der Waals surface area contributed by atoms with Crippen molar-refractivity contribution in [2.75, 3.05) is 21.3 Å². The number of esters is 1. The molecule has 0 spiro atoms. The zero-order valence-electron chi connectivity index (χ0n) is 11.7. The Bertz CT molecular complexity index is 584. The van der Waals surface area contributed by atoms with E-state index in [0.29, 0.717) is 5.75 Å². The van der Waals surface area contributed by atoms with E-state index < -0.39 is 22.0 Å². The summed E-state index contributed by atoms with van der Waals surface area (Å²) in [5.41, 5.74) is 0. The van der Waals surface area contributed by atoms with Crippen LogP contribution in [0.2, 0.25) is 0 Å². The molecular weight excluding hydrogens is 286 g/mol. The molecule has 0 aliphatic rings.